The van der Waals surface area contributed by atoms with Crippen LogP contribution in [0.1, 0.15) is 17.4 Å². The summed E-state index contributed by atoms with van der Waals surface area (Å²) in [6, 6.07) is 16.6. The van der Waals surface area contributed by atoms with Crippen LogP contribution in [0.2, 0.25) is 0 Å². The lowest BCUT2D eigenvalue weighted by Gasteiger charge is -2.33. The van der Waals surface area contributed by atoms with Crippen LogP contribution >= 0.6 is 0 Å². The van der Waals surface area contributed by atoms with Crippen LogP contribution in [0, 0.1) is 0 Å². The molecule has 0 radical (unpaired) electrons. The zero-order valence-electron chi connectivity index (χ0n) is 17.8. The number of hydrogen-bond acceptors (Lipinski definition) is 6. The normalized spacial score (nSPS) is 17.2. The highest BCUT2D eigenvalue weighted by atomic mass is 16.5. The van der Waals surface area contributed by atoms with Crippen LogP contribution < -0.4 is 4.90 Å². The van der Waals surface area contributed by atoms with Gasteiger partial charge in [-0.2, -0.15) is 5.10 Å². The summed E-state index contributed by atoms with van der Waals surface area (Å²) >= 11 is 0. The van der Waals surface area contributed by atoms with Gasteiger partial charge in [-0.25, -0.2) is 9.97 Å². The molecule has 7 heteroatoms. The molecule has 4 heterocycles. The summed E-state index contributed by atoms with van der Waals surface area (Å²) < 4.78 is 6.10. The second-order valence-electron chi connectivity index (χ2n) is 8.09. The van der Waals surface area contributed by atoms with Crippen molar-refractivity contribution >= 4 is 16.7 Å². The van der Waals surface area contributed by atoms with Crippen LogP contribution in [0.5, 0.6) is 0 Å². The topological polar surface area (TPSA) is 70.2 Å². The molecule has 31 heavy (non-hydrogen) atoms. The van der Waals surface area contributed by atoms with Gasteiger partial charge in [-0.3, -0.25) is 10.00 Å². The molecule has 5 rings (SSSR count). The lowest BCUT2D eigenvalue weighted by molar-refractivity contribution is -0.0349. The first kappa shape index (κ1) is 19.7. The smallest absolute Gasteiger partial charge is 0.133 e. The minimum absolute atomic E-state index is 0.0585. The van der Waals surface area contributed by atoms with Gasteiger partial charge in [0, 0.05) is 56.4 Å². The van der Waals surface area contributed by atoms with Crippen LogP contribution in [0.3, 0.4) is 0 Å². The van der Waals surface area contributed by atoms with E-state index in [1.807, 2.05) is 44.6 Å². The number of nitrogens with zero attached hydrogens (tertiary/aromatic N) is 5. The van der Waals surface area contributed by atoms with E-state index in [0.717, 1.165) is 47.9 Å². The Morgan fingerprint density at radius 3 is 2.87 bits per heavy atom. The van der Waals surface area contributed by atoms with Gasteiger partial charge in [-0.05, 0) is 24.3 Å². The zero-order chi connectivity index (χ0) is 21.2. The van der Waals surface area contributed by atoms with E-state index in [2.05, 4.69) is 44.3 Å². The third kappa shape index (κ3) is 4.15. The minimum atomic E-state index is -0.0585. The monoisotopic (exact) mass is 414 g/mol. The fourth-order valence-electron chi connectivity index (χ4n) is 4.10. The quantitative estimate of drug-likeness (QED) is 0.537. The number of ether oxygens (including phenoxy) is 1. The molecule has 1 aliphatic rings. The van der Waals surface area contributed by atoms with Gasteiger partial charge < -0.3 is 9.64 Å². The van der Waals surface area contributed by atoms with Gasteiger partial charge in [0.2, 0.25) is 0 Å². The molecule has 158 valence electrons. The van der Waals surface area contributed by atoms with Crippen molar-refractivity contribution in [3.8, 4) is 11.3 Å². The average Bonchev–Trinajstić information content (AvgIpc) is 3.34. The van der Waals surface area contributed by atoms with E-state index in [1.165, 1.54) is 10.9 Å². The molecule has 1 fully saturated rings. The number of aromatic amines is 1. The van der Waals surface area contributed by atoms with E-state index in [1.54, 1.807) is 6.20 Å². The predicted molar refractivity (Wildman–Crippen MR) is 122 cm³/mol. The standard InChI is InChI=1S/C24H26N6O/c1-29(2)24-18(12-17-6-3-4-7-20(17)28-24)15-30-10-11-31-23(16-30)22-9-5-8-21(27-22)19-13-25-26-14-19/h3-9,12-14,23H,10-11,15-16H2,1-2H3,(H,25,26)/t23-/m0/s1. The number of aromatic nitrogens is 4. The second kappa shape index (κ2) is 8.45. The Bertz CT molecular complexity index is 1170. The number of pyridine rings is 2. The molecule has 1 N–H and O–H groups in total. The number of para-hydroxylation sites is 1. The highest BCUT2D eigenvalue weighted by Crippen LogP contribution is 2.28. The SMILES string of the molecule is CN(C)c1nc2ccccc2cc1CN1CCO[C@H](c2cccc(-c3cn[nH]c3)n2)C1. The van der Waals surface area contributed by atoms with Crippen molar-refractivity contribution in [2.45, 2.75) is 12.6 Å². The van der Waals surface area contributed by atoms with Crippen LogP contribution in [-0.2, 0) is 11.3 Å². The molecule has 1 aliphatic heterocycles. The van der Waals surface area contributed by atoms with Gasteiger partial charge in [-0.1, -0.05) is 24.3 Å². The lowest BCUT2D eigenvalue weighted by atomic mass is 10.1. The molecule has 0 saturated carbocycles. The molecule has 3 aromatic heterocycles. The van der Waals surface area contributed by atoms with Gasteiger partial charge in [-0.15, -0.1) is 0 Å². The fraction of sp³-hybridized carbons (Fsp3) is 0.292. The highest BCUT2D eigenvalue weighted by molar-refractivity contribution is 5.81. The maximum atomic E-state index is 6.10. The van der Waals surface area contributed by atoms with Crippen LogP contribution in [0.25, 0.3) is 22.2 Å². The molecule has 1 atom stereocenters. The van der Waals surface area contributed by atoms with Gasteiger partial charge in [0.15, 0.2) is 0 Å². The van der Waals surface area contributed by atoms with Crippen molar-refractivity contribution in [1.29, 1.82) is 0 Å². The maximum Gasteiger partial charge on any atom is 0.133 e. The molecule has 1 saturated heterocycles. The molecule has 1 aromatic carbocycles. The Morgan fingerprint density at radius 1 is 1.13 bits per heavy atom. The summed E-state index contributed by atoms with van der Waals surface area (Å²) in [6.07, 6.45) is 3.59. The number of morpholine rings is 1. The minimum Gasteiger partial charge on any atom is -0.369 e. The molecule has 0 spiro atoms. The van der Waals surface area contributed by atoms with Crippen molar-refractivity contribution in [2.24, 2.45) is 0 Å². The summed E-state index contributed by atoms with van der Waals surface area (Å²) in [6.45, 7) is 3.19. The number of rotatable bonds is 5. The van der Waals surface area contributed by atoms with E-state index in [-0.39, 0.29) is 6.10 Å². The van der Waals surface area contributed by atoms with Gasteiger partial charge >= 0.3 is 0 Å². The van der Waals surface area contributed by atoms with Crippen molar-refractivity contribution in [1.82, 2.24) is 25.1 Å². The van der Waals surface area contributed by atoms with Gasteiger partial charge in [0.25, 0.3) is 0 Å². The van der Waals surface area contributed by atoms with Crippen LogP contribution in [-0.4, -0.2) is 58.9 Å². The molecule has 0 unspecified atom stereocenters. The van der Waals surface area contributed by atoms with Crippen molar-refractivity contribution in [3.05, 3.63) is 72.2 Å². The van der Waals surface area contributed by atoms with Crippen LogP contribution in [0.15, 0.2) is 60.9 Å². The van der Waals surface area contributed by atoms with Crippen molar-refractivity contribution in [3.63, 3.8) is 0 Å². The summed E-state index contributed by atoms with van der Waals surface area (Å²) in [5.74, 6) is 1.02. The first-order chi connectivity index (χ1) is 15.2. The molecule has 7 nitrogen and oxygen atoms in total. The Morgan fingerprint density at radius 2 is 2.03 bits per heavy atom. The third-order valence-electron chi connectivity index (χ3n) is 5.64. The second-order valence-corrected chi connectivity index (χ2v) is 8.09. The summed E-state index contributed by atoms with van der Waals surface area (Å²) in [4.78, 5) is 14.3. The van der Waals surface area contributed by atoms with E-state index in [9.17, 15) is 0 Å². The zero-order valence-corrected chi connectivity index (χ0v) is 17.8. The first-order valence-corrected chi connectivity index (χ1v) is 10.5. The van der Waals surface area contributed by atoms with Crippen molar-refractivity contribution in [2.75, 3.05) is 38.7 Å². The number of hydrogen-bond donors (Lipinski definition) is 1. The van der Waals surface area contributed by atoms with Crippen LogP contribution in [0.4, 0.5) is 5.82 Å². The molecule has 4 aromatic rings. The number of benzene rings is 1. The maximum absolute atomic E-state index is 6.10. The Hall–Kier alpha value is -3.29. The molecule has 0 aliphatic carbocycles. The number of H-pyrrole nitrogens is 1. The highest BCUT2D eigenvalue weighted by Gasteiger charge is 2.24. The summed E-state index contributed by atoms with van der Waals surface area (Å²) in [5.41, 5.74) is 5.08. The Balaban J connectivity index is 1.38. The molecular formula is C24H26N6O. The lowest BCUT2D eigenvalue weighted by Crippen LogP contribution is -2.38. The Kier molecular flexibility index (Phi) is 5.36. The van der Waals surface area contributed by atoms with E-state index in [4.69, 9.17) is 14.7 Å². The molecular weight excluding hydrogens is 388 g/mol. The van der Waals surface area contributed by atoms with E-state index >= 15 is 0 Å². The summed E-state index contributed by atoms with van der Waals surface area (Å²) in [7, 11) is 4.10. The average molecular weight is 415 g/mol. The molecule has 0 amide bonds. The molecule has 0 bridgehead atoms. The largest absolute Gasteiger partial charge is 0.369 e. The van der Waals surface area contributed by atoms with Crippen molar-refractivity contribution < 1.29 is 4.74 Å². The third-order valence-corrected chi connectivity index (χ3v) is 5.64. The first-order valence-electron chi connectivity index (χ1n) is 10.5. The van der Waals surface area contributed by atoms with Gasteiger partial charge in [0.1, 0.15) is 11.9 Å². The summed E-state index contributed by atoms with van der Waals surface area (Å²) in [5, 5.41) is 8.05. The number of fused-ring (bicyclic) bond motifs is 1. The predicted octanol–water partition coefficient (Wildman–Crippen LogP) is 3.66. The van der Waals surface area contributed by atoms with E-state index < -0.39 is 0 Å². The Labute approximate surface area is 181 Å². The van der Waals surface area contributed by atoms with Gasteiger partial charge in [0.05, 0.1) is 29.7 Å². The number of nitrogens with one attached hydrogen (secondary N) is 1. The number of anilines is 1. The van der Waals surface area contributed by atoms with E-state index in [0.29, 0.717) is 6.61 Å². The fourth-order valence-corrected chi connectivity index (χ4v) is 4.10.